The van der Waals surface area contributed by atoms with Gasteiger partial charge in [-0.15, -0.1) is 0 Å². The van der Waals surface area contributed by atoms with Crippen LogP contribution in [0.3, 0.4) is 0 Å². The summed E-state index contributed by atoms with van der Waals surface area (Å²) in [5.74, 6) is 0. The van der Waals surface area contributed by atoms with Crippen LogP contribution in [0.15, 0.2) is 52.4 Å². The van der Waals surface area contributed by atoms with Gasteiger partial charge in [-0.25, -0.2) is 0 Å². The molecule has 2 aromatic carbocycles. The van der Waals surface area contributed by atoms with Gasteiger partial charge in [0.2, 0.25) is 0 Å². The predicted octanol–water partition coefficient (Wildman–Crippen LogP) is 6.29. The van der Waals surface area contributed by atoms with Gasteiger partial charge in [-0.05, 0) is 55.9 Å². The molecule has 0 unspecified atom stereocenters. The lowest BCUT2D eigenvalue weighted by molar-refractivity contribution is 0.921. The molecule has 1 aliphatic carbocycles. The Hall–Kier alpha value is -2.22. The zero-order chi connectivity index (χ0) is 16.9. The Bertz CT molecular complexity index is 764. The van der Waals surface area contributed by atoms with E-state index in [-0.39, 0.29) is 0 Å². The number of benzene rings is 2. The summed E-state index contributed by atoms with van der Waals surface area (Å²) in [5.41, 5.74) is 8.67. The second-order valence-corrected chi connectivity index (χ2v) is 6.65. The fraction of sp³-hybridized carbons (Fsp3) is 0.364. The zero-order valence-electron chi connectivity index (χ0n) is 15.0. The molecule has 0 spiro atoms. The van der Waals surface area contributed by atoms with Crippen LogP contribution < -0.4 is 0 Å². The first-order valence-corrected chi connectivity index (χ1v) is 8.94. The lowest BCUT2D eigenvalue weighted by atomic mass is 10.1. The Labute approximate surface area is 145 Å². The number of aryl methyl sites for hydroxylation is 3. The van der Waals surface area contributed by atoms with Crippen LogP contribution in [-0.2, 0) is 6.42 Å². The average molecular weight is 318 g/mol. The summed E-state index contributed by atoms with van der Waals surface area (Å²) in [4.78, 5) is 9.89. The topological polar surface area (TPSA) is 24.7 Å². The van der Waals surface area contributed by atoms with Crippen LogP contribution in [-0.4, -0.2) is 11.4 Å². The summed E-state index contributed by atoms with van der Waals surface area (Å²) in [5, 5.41) is 0. The molecular weight excluding hydrogens is 292 g/mol. The van der Waals surface area contributed by atoms with Gasteiger partial charge >= 0.3 is 0 Å². The number of hydrogen-bond acceptors (Lipinski definition) is 2. The summed E-state index contributed by atoms with van der Waals surface area (Å²) in [6.07, 6.45) is 5.22. The van der Waals surface area contributed by atoms with Crippen molar-refractivity contribution in [1.29, 1.82) is 0 Å². The van der Waals surface area contributed by atoms with Gasteiger partial charge in [0.1, 0.15) is 0 Å². The molecule has 0 bridgehead atoms. The first-order valence-electron chi connectivity index (χ1n) is 8.94. The minimum Gasteiger partial charge on any atom is -0.257 e. The molecule has 124 valence electrons. The van der Waals surface area contributed by atoms with Crippen molar-refractivity contribution < 1.29 is 0 Å². The number of rotatable bonds is 4. The molecule has 2 heteroatoms. The van der Waals surface area contributed by atoms with Crippen molar-refractivity contribution in [2.75, 3.05) is 0 Å². The maximum Gasteiger partial charge on any atom is 0.0687 e. The van der Waals surface area contributed by atoms with Crippen molar-refractivity contribution in [1.82, 2.24) is 0 Å². The van der Waals surface area contributed by atoms with E-state index in [1.54, 1.807) is 0 Å². The molecule has 24 heavy (non-hydrogen) atoms. The van der Waals surface area contributed by atoms with E-state index >= 15 is 0 Å². The Morgan fingerprint density at radius 3 is 2.21 bits per heavy atom. The van der Waals surface area contributed by atoms with E-state index in [4.69, 9.17) is 9.98 Å². The van der Waals surface area contributed by atoms with Gasteiger partial charge < -0.3 is 0 Å². The van der Waals surface area contributed by atoms with Gasteiger partial charge in [-0.1, -0.05) is 49.7 Å². The van der Waals surface area contributed by atoms with Gasteiger partial charge in [-0.2, -0.15) is 0 Å². The van der Waals surface area contributed by atoms with Crippen LogP contribution in [0.25, 0.3) is 0 Å². The summed E-state index contributed by atoms with van der Waals surface area (Å²) < 4.78 is 0. The van der Waals surface area contributed by atoms with E-state index in [1.807, 2.05) is 0 Å². The van der Waals surface area contributed by atoms with Crippen molar-refractivity contribution >= 4 is 22.8 Å². The fourth-order valence-corrected chi connectivity index (χ4v) is 3.30. The zero-order valence-corrected chi connectivity index (χ0v) is 15.0. The third kappa shape index (κ3) is 3.81. The molecule has 0 saturated heterocycles. The molecule has 0 radical (unpaired) electrons. The second-order valence-electron chi connectivity index (χ2n) is 6.65. The predicted molar refractivity (Wildman–Crippen MR) is 104 cm³/mol. The van der Waals surface area contributed by atoms with E-state index < -0.39 is 0 Å². The monoisotopic (exact) mass is 318 g/mol. The molecule has 2 nitrogen and oxygen atoms in total. The van der Waals surface area contributed by atoms with Gasteiger partial charge in [0.15, 0.2) is 0 Å². The molecule has 0 heterocycles. The number of aliphatic imine (C=N–C) groups is 2. The highest BCUT2D eigenvalue weighted by atomic mass is 14.8. The molecule has 1 fully saturated rings. The first-order chi connectivity index (χ1) is 11.7. The molecule has 0 aliphatic heterocycles. The number of nitrogens with zero attached hydrogens (tertiary/aromatic N) is 2. The molecule has 3 rings (SSSR count). The summed E-state index contributed by atoms with van der Waals surface area (Å²) in [7, 11) is 0. The van der Waals surface area contributed by atoms with Crippen LogP contribution in [0.4, 0.5) is 11.4 Å². The summed E-state index contributed by atoms with van der Waals surface area (Å²) in [6, 6.07) is 14.9. The largest absolute Gasteiger partial charge is 0.257 e. The van der Waals surface area contributed by atoms with Gasteiger partial charge in [0, 0.05) is 17.8 Å². The minimum atomic E-state index is 0.911. The van der Waals surface area contributed by atoms with Crippen molar-refractivity contribution in [3.8, 4) is 0 Å². The van der Waals surface area contributed by atoms with E-state index in [0.717, 1.165) is 43.5 Å². The van der Waals surface area contributed by atoms with Gasteiger partial charge in [0.25, 0.3) is 0 Å². The van der Waals surface area contributed by atoms with Gasteiger partial charge in [-0.3, -0.25) is 9.98 Å². The van der Waals surface area contributed by atoms with Crippen LogP contribution in [0.2, 0.25) is 0 Å². The van der Waals surface area contributed by atoms with E-state index in [1.165, 1.54) is 28.1 Å². The summed E-state index contributed by atoms with van der Waals surface area (Å²) in [6.45, 7) is 6.49. The van der Waals surface area contributed by atoms with Crippen LogP contribution in [0, 0.1) is 13.8 Å². The smallest absolute Gasteiger partial charge is 0.0687 e. The maximum atomic E-state index is 4.95. The number of hydrogen-bond donors (Lipinski definition) is 0. The van der Waals surface area contributed by atoms with E-state index in [9.17, 15) is 0 Å². The highest BCUT2D eigenvalue weighted by Gasteiger charge is 2.17. The maximum absolute atomic E-state index is 4.95. The second kappa shape index (κ2) is 7.57. The molecule has 0 amide bonds. The van der Waals surface area contributed by atoms with Crippen molar-refractivity contribution in [2.24, 2.45) is 9.98 Å². The first kappa shape index (κ1) is 16.6. The third-order valence-electron chi connectivity index (χ3n) is 4.61. The van der Waals surface area contributed by atoms with Crippen molar-refractivity contribution in [3.05, 3.63) is 59.2 Å². The fourth-order valence-electron chi connectivity index (χ4n) is 3.30. The van der Waals surface area contributed by atoms with Crippen LogP contribution in [0.5, 0.6) is 0 Å². The molecular formula is C22H26N2. The molecule has 0 N–H and O–H groups in total. The Morgan fingerprint density at radius 2 is 1.50 bits per heavy atom. The average Bonchev–Trinajstić information content (AvgIpc) is 3.00. The lowest BCUT2D eigenvalue weighted by Crippen LogP contribution is -1.94. The quantitative estimate of drug-likeness (QED) is 0.633. The van der Waals surface area contributed by atoms with Crippen molar-refractivity contribution in [3.63, 3.8) is 0 Å². The highest BCUT2D eigenvalue weighted by Crippen LogP contribution is 2.28. The Kier molecular flexibility index (Phi) is 5.24. The molecule has 0 atom stereocenters. The Balaban J connectivity index is 1.82. The SMILES string of the molecule is CCCc1ccccc1/N=C1\CC/C(=N/c2c(C)cccc2C)C1. The number of para-hydroxylation sites is 2. The van der Waals surface area contributed by atoms with Gasteiger partial charge in [0.05, 0.1) is 11.4 Å². The van der Waals surface area contributed by atoms with Crippen molar-refractivity contribution in [2.45, 2.75) is 52.9 Å². The molecule has 1 aliphatic rings. The lowest BCUT2D eigenvalue weighted by Gasteiger charge is -2.06. The van der Waals surface area contributed by atoms with Crippen LogP contribution in [0.1, 0.15) is 49.3 Å². The standard InChI is InChI=1S/C22H26N2/c1-4-8-18-11-5-6-12-21(18)23-19-13-14-20(15-19)24-22-16(2)9-7-10-17(22)3/h5-7,9-12H,4,8,13-15H2,1-3H3/b23-19+,24-20-. The Morgan fingerprint density at radius 1 is 0.833 bits per heavy atom. The highest BCUT2D eigenvalue weighted by molar-refractivity contribution is 6.12. The van der Waals surface area contributed by atoms with E-state index in [2.05, 4.69) is 63.2 Å². The minimum absolute atomic E-state index is 0.911. The third-order valence-corrected chi connectivity index (χ3v) is 4.61. The molecule has 1 saturated carbocycles. The molecule has 0 aromatic heterocycles. The summed E-state index contributed by atoms with van der Waals surface area (Å²) >= 11 is 0. The van der Waals surface area contributed by atoms with E-state index in [0.29, 0.717) is 0 Å². The molecule has 2 aromatic rings. The van der Waals surface area contributed by atoms with Crippen LogP contribution >= 0.6 is 0 Å². The normalized spacial score (nSPS) is 17.8.